The molecule has 0 bridgehead atoms. The minimum absolute atomic E-state index is 0.147. The number of esters is 1. The fraction of sp³-hybridized carbons (Fsp3) is 0.211. The number of nitrogens with zero attached hydrogens (tertiary/aromatic N) is 1. The molecular formula is C19H17FN2O5. The predicted molar refractivity (Wildman–Crippen MR) is 97.0 cm³/mol. The zero-order chi connectivity index (χ0) is 19.4. The Balaban J connectivity index is 1.89. The van der Waals surface area contributed by atoms with E-state index in [1.165, 1.54) is 37.5 Å². The lowest BCUT2D eigenvalue weighted by Gasteiger charge is -2.27. The Kier molecular flexibility index (Phi) is 5.35. The lowest BCUT2D eigenvalue weighted by Crippen LogP contribution is -2.21. The van der Waals surface area contributed by atoms with Crippen molar-refractivity contribution in [3.05, 3.63) is 69.5 Å². The van der Waals surface area contributed by atoms with Crippen LogP contribution in [-0.4, -0.2) is 24.6 Å². The minimum Gasteiger partial charge on any atom is -0.493 e. The van der Waals surface area contributed by atoms with E-state index < -0.39 is 16.7 Å². The van der Waals surface area contributed by atoms with Crippen LogP contribution in [0.2, 0.25) is 0 Å². The van der Waals surface area contributed by atoms with E-state index in [0.717, 1.165) is 0 Å². The highest BCUT2D eigenvalue weighted by atomic mass is 19.1. The van der Waals surface area contributed by atoms with Crippen molar-refractivity contribution < 1.29 is 23.6 Å². The van der Waals surface area contributed by atoms with Gasteiger partial charge in [0.1, 0.15) is 17.3 Å². The summed E-state index contributed by atoms with van der Waals surface area (Å²) >= 11 is 0. The van der Waals surface area contributed by atoms with Crippen LogP contribution in [0.1, 0.15) is 23.6 Å². The maximum Gasteiger partial charge on any atom is 0.330 e. The zero-order valence-corrected chi connectivity index (χ0v) is 14.5. The van der Waals surface area contributed by atoms with Gasteiger partial charge >= 0.3 is 5.97 Å². The first-order valence-corrected chi connectivity index (χ1v) is 8.21. The van der Waals surface area contributed by atoms with Crippen LogP contribution in [0.25, 0.3) is 6.08 Å². The Morgan fingerprint density at radius 1 is 1.37 bits per heavy atom. The summed E-state index contributed by atoms with van der Waals surface area (Å²) in [6.45, 7) is 0.421. The molecule has 140 valence electrons. The molecule has 0 saturated carbocycles. The molecule has 0 fully saturated rings. The number of methoxy groups -OCH3 is 1. The number of nitrogens with one attached hydrogen (secondary N) is 1. The van der Waals surface area contributed by atoms with Gasteiger partial charge in [-0.25, -0.2) is 9.18 Å². The highest BCUT2D eigenvalue weighted by molar-refractivity contribution is 5.87. The van der Waals surface area contributed by atoms with E-state index in [1.54, 1.807) is 18.2 Å². The molecule has 0 aliphatic carbocycles. The molecule has 2 aromatic rings. The lowest BCUT2D eigenvalue weighted by atomic mass is 9.99. The molecule has 1 aliphatic rings. The third-order valence-electron chi connectivity index (χ3n) is 4.17. The summed E-state index contributed by atoms with van der Waals surface area (Å²) in [6, 6.07) is 8.46. The lowest BCUT2D eigenvalue weighted by molar-refractivity contribution is -0.384. The van der Waals surface area contributed by atoms with Crippen LogP contribution in [0.5, 0.6) is 5.75 Å². The monoisotopic (exact) mass is 372 g/mol. The Morgan fingerprint density at radius 2 is 2.19 bits per heavy atom. The van der Waals surface area contributed by atoms with Crippen LogP contribution in [0.4, 0.5) is 15.8 Å². The van der Waals surface area contributed by atoms with E-state index in [9.17, 15) is 19.3 Å². The van der Waals surface area contributed by atoms with Crippen molar-refractivity contribution in [2.24, 2.45) is 0 Å². The number of anilines is 1. The van der Waals surface area contributed by atoms with E-state index in [2.05, 4.69) is 10.1 Å². The molecule has 3 rings (SSSR count). The van der Waals surface area contributed by atoms with E-state index in [1.807, 2.05) is 0 Å². The smallest absolute Gasteiger partial charge is 0.330 e. The highest BCUT2D eigenvalue weighted by Gasteiger charge is 2.25. The molecule has 0 saturated heterocycles. The van der Waals surface area contributed by atoms with Gasteiger partial charge < -0.3 is 14.8 Å². The number of carbonyl (C=O) groups excluding carboxylic acids is 1. The molecule has 1 heterocycles. The molecule has 0 aromatic heterocycles. The summed E-state index contributed by atoms with van der Waals surface area (Å²) < 4.78 is 23.6. The number of ether oxygens (including phenoxy) is 2. The van der Waals surface area contributed by atoms with Crippen molar-refractivity contribution in [2.45, 2.75) is 12.5 Å². The van der Waals surface area contributed by atoms with Gasteiger partial charge in [-0.05, 0) is 35.9 Å². The summed E-state index contributed by atoms with van der Waals surface area (Å²) in [5.41, 5.74) is 1.25. The molecule has 1 atom stereocenters. The first-order valence-electron chi connectivity index (χ1n) is 8.21. The van der Waals surface area contributed by atoms with Crippen molar-refractivity contribution in [1.29, 1.82) is 0 Å². The van der Waals surface area contributed by atoms with Gasteiger partial charge in [0, 0.05) is 24.1 Å². The standard InChI is InChI=1S/C19H17FN2O5/c1-26-19(23)7-3-12-2-5-16(17(10-12)22(24)25)21-15-8-9-27-18-6-4-13(20)11-14(15)18/h2-7,10-11,15,21H,8-9H2,1H3/b7-3+. The SMILES string of the molecule is COC(=O)/C=C/c1ccc(NC2CCOc3ccc(F)cc32)c([N+](=O)[O-])c1. The second kappa shape index (κ2) is 7.86. The normalized spacial score (nSPS) is 15.7. The topological polar surface area (TPSA) is 90.7 Å². The Labute approximate surface area is 154 Å². The van der Waals surface area contributed by atoms with Gasteiger partial charge in [-0.15, -0.1) is 0 Å². The minimum atomic E-state index is -0.555. The van der Waals surface area contributed by atoms with Crippen LogP contribution >= 0.6 is 0 Å². The van der Waals surface area contributed by atoms with Crippen LogP contribution in [0, 0.1) is 15.9 Å². The van der Waals surface area contributed by atoms with Gasteiger partial charge in [0.05, 0.1) is 24.7 Å². The number of rotatable bonds is 5. The third-order valence-corrected chi connectivity index (χ3v) is 4.17. The van der Waals surface area contributed by atoms with Crippen molar-refractivity contribution in [3.8, 4) is 5.75 Å². The molecule has 27 heavy (non-hydrogen) atoms. The molecule has 1 aliphatic heterocycles. The van der Waals surface area contributed by atoms with E-state index in [0.29, 0.717) is 35.6 Å². The first-order chi connectivity index (χ1) is 13.0. The molecule has 1 N–H and O–H groups in total. The molecule has 0 radical (unpaired) electrons. The van der Waals surface area contributed by atoms with Gasteiger partial charge in [-0.1, -0.05) is 6.07 Å². The number of fused-ring (bicyclic) bond motifs is 1. The van der Waals surface area contributed by atoms with Crippen molar-refractivity contribution in [2.75, 3.05) is 19.0 Å². The summed E-state index contributed by atoms with van der Waals surface area (Å²) in [5, 5.41) is 14.6. The fourth-order valence-corrected chi connectivity index (χ4v) is 2.86. The van der Waals surface area contributed by atoms with Gasteiger partial charge in [-0.3, -0.25) is 10.1 Å². The molecule has 8 heteroatoms. The molecule has 7 nitrogen and oxygen atoms in total. The summed E-state index contributed by atoms with van der Waals surface area (Å²) in [5.74, 6) is -0.398. The predicted octanol–water partition coefficient (Wildman–Crippen LogP) is 3.86. The number of carbonyl (C=O) groups is 1. The zero-order valence-electron chi connectivity index (χ0n) is 14.5. The Bertz CT molecular complexity index is 913. The van der Waals surface area contributed by atoms with Gasteiger partial charge in [0.2, 0.25) is 0 Å². The van der Waals surface area contributed by atoms with Crippen molar-refractivity contribution >= 4 is 23.4 Å². The molecular weight excluding hydrogens is 355 g/mol. The van der Waals surface area contributed by atoms with Crippen LogP contribution in [0.15, 0.2) is 42.5 Å². The first kappa shape index (κ1) is 18.4. The van der Waals surface area contributed by atoms with Crippen LogP contribution < -0.4 is 10.1 Å². The maximum absolute atomic E-state index is 13.6. The average Bonchev–Trinajstić information content (AvgIpc) is 2.67. The number of halogens is 1. The van der Waals surface area contributed by atoms with E-state index >= 15 is 0 Å². The summed E-state index contributed by atoms with van der Waals surface area (Å²) in [6.07, 6.45) is 3.16. The van der Waals surface area contributed by atoms with Crippen LogP contribution in [-0.2, 0) is 9.53 Å². The average molecular weight is 372 g/mol. The maximum atomic E-state index is 13.6. The highest BCUT2D eigenvalue weighted by Crippen LogP contribution is 2.37. The largest absolute Gasteiger partial charge is 0.493 e. The van der Waals surface area contributed by atoms with Gasteiger partial charge in [0.15, 0.2) is 0 Å². The Hall–Kier alpha value is -3.42. The fourth-order valence-electron chi connectivity index (χ4n) is 2.86. The number of hydrogen-bond donors (Lipinski definition) is 1. The molecule has 0 spiro atoms. The molecule has 2 aromatic carbocycles. The summed E-state index contributed by atoms with van der Waals surface area (Å²) in [4.78, 5) is 22.1. The van der Waals surface area contributed by atoms with Gasteiger partial charge in [-0.2, -0.15) is 0 Å². The van der Waals surface area contributed by atoms with E-state index in [-0.39, 0.29) is 11.7 Å². The second-order valence-electron chi connectivity index (χ2n) is 5.91. The number of hydrogen-bond acceptors (Lipinski definition) is 6. The van der Waals surface area contributed by atoms with Crippen molar-refractivity contribution in [3.63, 3.8) is 0 Å². The van der Waals surface area contributed by atoms with Crippen molar-refractivity contribution in [1.82, 2.24) is 0 Å². The Morgan fingerprint density at radius 3 is 2.93 bits per heavy atom. The number of nitro benzene ring substituents is 1. The second-order valence-corrected chi connectivity index (χ2v) is 5.91. The number of benzene rings is 2. The van der Waals surface area contributed by atoms with Gasteiger partial charge in [0.25, 0.3) is 5.69 Å². The van der Waals surface area contributed by atoms with E-state index in [4.69, 9.17) is 4.74 Å². The number of nitro groups is 1. The summed E-state index contributed by atoms with van der Waals surface area (Å²) in [7, 11) is 1.25. The molecule has 0 amide bonds. The molecule has 1 unspecified atom stereocenters. The third kappa shape index (κ3) is 4.22. The van der Waals surface area contributed by atoms with Crippen LogP contribution in [0.3, 0.4) is 0 Å². The quantitative estimate of drug-likeness (QED) is 0.371.